The Morgan fingerprint density at radius 3 is 2.55 bits per heavy atom. The third-order valence-electron chi connectivity index (χ3n) is 2.78. The van der Waals surface area contributed by atoms with Gasteiger partial charge in [0.05, 0.1) is 13.2 Å². The van der Waals surface area contributed by atoms with E-state index in [4.69, 9.17) is 5.11 Å². The molecule has 2 amide bonds. The lowest BCUT2D eigenvalue weighted by molar-refractivity contribution is -0.137. The lowest BCUT2D eigenvalue weighted by atomic mass is 10.3. The van der Waals surface area contributed by atoms with Crippen molar-refractivity contribution in [2.75, 3.05) is 24.2 Å². The van der Waals surface area contributed by atoms with Crippen LogP contribution in [0.3, 0.4) is 0 Å². The number of carbonyl (C=O) groups excluding carboxylic acids is 2. The van der Waals surface area contributed by atoms with Gasteiger partial charge in [-0.05, 0) is 30.0 Å². The van der Waals surface area contributed by atoms with E-state index < -0.39 is 11.8 Å². The molecule has 1 aliphatic rings. The zero-order chi connectivity index (χ0) is 14.5. The van der Waals surface area contributed by atoms with Crippen molar-refractivity contribution < 1.29 is 14.7 Å². The number of aliphatic hydroxyl groups is 1. The van der Waals surface area contributed by atoms with Crippen molar-refractivity contribution in [2.45, 2.75) is 11.8 Å². The molecule has 106 valence electrons. The number of aliphatic hydroxyl groups excluding tert-OH is 1. The predicted molar refractivity (Wildman–Crippen MR) is 78.4 cm³/mol. The largest absolute Gasteiger partial charge is 0.395 e. The summed E-state index contributed by atoms with van der Waals surface area (Å²) >= 11 is 1.74. The van der Waals surface area contributed by atoms with Crippen LogP contribution in [0.1, 0.15) is 6.92 Å². The molecule has 0 aliphatic carbocycles. The molecule has 0 bridgehead atoms. The normalized spacial score (nSPS) is 14.7. The number of amides is 2. The molecule has 1 aromatic rings. The third kappa shape index (κ3) is 3.20. The molecule has 20 heavy (non-hydrogen) atoms. The highest BCUT2D eigenvalue weighted by Gasteiger charge is 2.30. The van der Waals surface area contributed by atoms with Crippen LogP contribution >= 0.6 is 11.8 Å². The van der Waals surface area contributed by atoms with Gasteiger partial charge in [-0.2, -0.15) is 0 Å². The standard InChI is InChI=1S/C14H16N2O3S/c1-2-20-11-5-3-10(4-6-11)15-12-9-13(18)16(7-8-17)14(12)19/h3-6,9,15,17H,2,7-8H2,1H3. The first kappa shape index (κ1) is 14.6. The number of carbonyl (C=O) groups is 2. The maximum atomic E-state index is 11.9. The van der Waals surface area contributed by atoms with Crippen molar-refractivity contribution in [3.63, 3.8) is 0 Å². The van der Waals surface area contributed by atoms with Gasteiger partial charge < -0.3 is 10.4 Å². The molecule has 0 radical (unpaired) electrons. The van der Waals surface area contributed by atoms with E-state index in [2.05, 4.69) is 12.2 Å². The number of anilines is 1. The number of nitrogens with one attached hydrogen (secondary N) is 1. The van der Waals surface area contributed by atoms with E-state index in [1.54, 1.807) is 11.8 Å². The van der Waals surface area contributed by atoms with Gasteiger partial charge >= 0.3 is 0 Å². The van der Waals surface area contributed by atoms with Crippen LogP contribution in [0.5, 0.6) is 0 Å². The molecule has 2 N–H and O–H groups in total. The summed E-state index contributed by atoms with van der Waals surface area (Å²) < 4.78 is 0. The molecule has 0 unspecified atom stereocenters. The summed E-state index contributed by atoms with van der Waals surface area (Å²) in [5, 5.41) is 11.8. The summed E-state index contributed by atoms with van der Waals surface area (Å²) in [5.41, 5.74) is 0.989. The quantitative estimate of drug-likeness (QED) is 0.613. The Hall–Kier alpha value is -1.79. The second-order valence-electron chi connectivity index (χ2n) is 4.16. The molecule has 1 aliphatic heterocycles. The van der Waals surface area contributed by atoms with Crippen LogP contribution in [-0.4, -0.2) is 40.7 Å². The maximum Gasteiger partial charge on any atom is 0.277 e. The van der Waals surface area contributed by atoms with Gasteiger partial charge in [-0.1, -0.05) is 6.92 Å². The van der Waals surface area contributed by atoms with Crippen LogP contribution in [-0.2, 0) is 9.59 Å². The predicted octanol–water partition coefficient (Wildman–Crippen LogP) is 1.46. The summed E-state index contributed by atoms with van der Waals surface area (Å²) in [7, 11) is 0. The van der Waals surface area contributed by atoms with E-state index in [-0.39, 0.29) is 18.8 Å². The lowest BCUT2D eigenvalue weighted by Gasteiger charge is -2.13. The monoisotopic (exact) mass is 292 g/mol. The van der Waals surface area contributed by atoms with Gasteiger partial charge in [0.25, 0.3) is 11.8 Å². The molecule has 0 aromatic heterocycles. The van der Waals surface area contributed by atoms with Crippen LogP contribution < -0.4 is 5.32 Å². The van der Waals surface area contributed by atoms with Crippen molar-refractivity contribution in [1.82, 2.24) is 4.90 Å². The maximum absolute atomic E-state index is 11.9. The molecular weight excluding hydrogens is 276 g/mol. The van der Waals surface area contributed by atoms with Crippen LogP contribution in [0.25, 0.3) is 0 Å². The Kier molecular flexibility index (Phi) is 4.81. The van der Waals surface area contributed by atoms with Gasteiger partial charge in [-0.25, -0.2) is 0 Å². The second-order valence-corrected chi connectivity index (χ2v) is 5.50. The van der Waals surface area contributed by atoms with E-state index in [1.807, 2.05) is 24.3 Å². The van der Waals surface area contributed by atoms with Gasteiger partial charge in [0.1, 0.15) is 5.70 Å². The van der Waals surface area contributed by atoms with Crippen molar-refractivity contribution in [3.8, 4) is 0 Å². The Balaban J connectivity index is 2.05. The number of hydrogen-bond acceptors (Lipinski definition) is 5. The highest BCUT2D eigenvalue weighted by molar-refractivity contribution is 7.99. The summed E-state index contributed by atoms with van der Waals surface area (Å²) in [5.74, 6) is 0.196. The van der Waals surface area contributed by atoms with Crippen molar-refractivity contribution in [1.29, 1.82) is 0 Å². The van der Waals surface area contributed by atoms with Gasteiger partial charge in [-0.15, -0.1) is 11.8 Å². The minimum atomic E-state index is -0.406. The van der Waals surface area contributed by atoms with Crippen LogP contribution in [0.15, 0.2) is 40.9 Å². The SMILES string of the molecule is CCSc1ccc(NC2=CC(=O)N(CCO)C2=O)cc1. The fraction of sp³-hybridized carbons (Fsp3) is 0.286. The number of benzene rings is 1. The van der Waals surface area contributed by atoms with Crippen LogP contribution in [0.4, 0.5) is 5.69 Å². The molecule has 0 saturated carbocycles. The highest BCUT2D eigenvalue weighted by atomic mass is 32.2. The Morgan fingerprint density at radius 1 is 1.25 bits per heavy atom. The van der Waals surface area contributed by atoms with Crippen molar-refractivity contribution in [2.24, 2.45) is 0 Å². The summed E-state index contributed by atoms with van der Waals surface area (Å²) in [4.78, 5) is 25.7. The van der Waals surface area contributed by atoms with Crippen LogP contribution in [0.2, 0.25) is 0 Å². The lowest BCUT2D eigenvalue weighted by Crippen LogP contribution is -2.34. The summed E-state index contributed by atoms with van der Waals surface area (Å²) in [6, 6.07) is 7.66. The smallest absolute Gasteiger partial charge is 0.277 e. The van der Waals surface area contributed by atoms with E-state index in [0.717, 1.165) is 21.2 Å². The van der Waals surface area contributed by atoms with Crippen molar-refractivity contribution >= 4 is 29.3 Å². The van der Waals surface area contributed by atoms with Gasteiger partial charge in [0.2, 0.25) is 0 Å². The molecule has 5 nitrogen and oxygen atoms in total. The van der Waals surface area contributed by atoms with Gasteiger partial charge in [0.15, 0.2) is 0 Å². The third-order valence-corrected chi connectivity index (χ3v) is 3.67. The van der Waals surface area contributed by atoms with Gasteiger partial charge in [-0.3, -0.25) is 14.5 Å². The number of imide groups is 1. The first-order valence-corrected chi connectivity index (χ1v) is 7.32. The molecule has 0 spiro atoms. The van der Waals surface area contributed by atoms with E-state index >= 15 is 0 Å². The minimum Gasteiger partial charge on any atom is -0.395 e. The summed E-state index contributed by atoms with van der Waals surface area (Å²) in [6.45, 7) is 1.87. The van der Waals surface area contributed by atoms with Crippen molar-refractivity contribution in [3.05, 3.63) is 36.0 Å². The summed E-state index contributed by atoms with van der Waals surface area (Å²) in [6.07, 6.45) is 1.26. The topological polar surface area (TPSA) is 69.6 Å². The molecule has 2 rings (SSSR count). The molecule has 0 fully saturated rings. The Bertz CT molecular complexity index is 540. The van der Waals surface area contributed by atoms with E-state index in [9.17, 15) is 9.59 Å². The highest BCUT2D eigenvalue weighted by Crippen LogP contribution is 2.22. The minimum absolute atomic E-state index is 0.0193. The number of nitrogens with zero attached hydrogens (tertiary/aromatic N) is 1. The molecule has 0 atom stereocenters. The Morgan fingerprint density at radius 2 is 1.95 bits per heavy atom. The molecule has 1 aromatic carbocycles. The average Bonchev–Trinajstić information content (AvgIpc) is 2.69. The molecular formula is C14H16N2O3S. The average molecular weight is 292 g/mol. The second kappa shape index (κ2) is 6.58. The number of β-amino-alcohol motifs (C(OH)–C–C–N with tert-alkyl or cyclic N) is 1. The Labute approximate surface area is 121 Å². The van der Waals surface area contributed by atoms with Crippen LogP contribution in [0, 0.1) is 0 Å². The first-order valence-electron chi connectivity index (χ1n) is 6.34. The fourth-order valence-electron chi connectivity index (χ4n) is 1.87. The van der Waals surface area contributed by atoms with Gasteiger partial charge in [0, 0.05) is 16.7 Å². The zero-order valence-electron chi connectivity index (χ0n) is 11.1. The molecule has 6 heteroatoms. The molecule has 0 saturated heterocycles. The zero-order valence-corrected chi connectivity index (χ0v) is 11.9. The first-order chi connectivity index (χ1) is 9.65. The number of thioether (sulfide) groups is 1. The molecule has 1 heterocycles. The number of hydrogen-bond donors (Lipinski definition) is 2. The van der Waals surface area contributed by atoms with E-state index in [0.29, 0.717) is 0 Å². The van der Waals surface area contributed by atoms with E-state index in [1.165, 1.54) is 6.08 Å². The fourth-order valence-corrected chi connectivity index (χ4v) is 2.53. The number of rotatable bonds is 6.